The van der Waals surface area contributed by atoms with E-state index < -0.39 is 0 Å². The molecule has 3 heterocycles. The fourth-order valence-corrected chi connectivity index (χ4v) is 2.69. The first-order valence-electron chi connectivity index (χ1n) is 5.77. The van der Waals surface area contributed by atoms with Crippen molar-refractivity contribution in [3.63, 3.8) is 0 Å². The molecule has 1 aromatic rings. The van der Waals surface area contributed by atoms with E-state index >= 15 is 0 Å². The van der Waals surface area contributed by atoms with E-state index in [1.165, 1.54) is 5.56 Å². The number of benzene rings is 1. The van der Waals surface area contributed by atoms with Gasteiger partial charge in [-0.05, 0) is 38.1 Å². The lowest BCUT2D eigenvalue weighted by Gasteiger charge is -2.53. The van der Waals surface area contributed by atoms with Crippen LogP contribution in [-0.2, 0) is 4.79 Å². The van der Waals surface area contributed by atoms with Gasteiger partial charge in [0.15, 0.2) is 0 Å². The summed E-state index contributed by atoms with van der Waals surface area (Å²) >= 11 is 0. The molecule has 2 unspecified atom stereocenters. The fourth-order valence-electron chi connectivity index (χ4n) is 2.69. The van der Waals surface area contributed by atoms with Crippen molar-refractivity contribution in [1.29, 1.82) is 0 Å². The molecule has 3 aliphatic heterocycles. The van der Waals surface area contributed by atoms with E-state index in [0.29, 0.717) is 6.04 Å². The molecular weight excluding hydrogens is 200 g/mol. The maximum Gasteiger partial charge on any atom is 0.244 e. The van der Waals surface area contributed by atoms with Crippen molar-refractivity contribution in [3.05, 3.63) is 29.8 Å². The number of hydrogen-bond acceptors (Lipinski definition) is 2. The maximum atomic E-state index is 12.2. The van der Waals surface area contributed by atoms with Gasteiger partial charge < -0.3 is 4.90 Å². The van der Waals surface area contributed by atoms with E-state index in [4.69, 9.17) is 0 Å². The normalized spacial score (nSPS) is 29.1. The Morgan fingerprint density at radius 1 is 1.38 bits per heavy atom. The second-order valence-electron chi connectivity index (χ2n) is 4.86. The summed E-state index contributed by atoms with van der Waals surface area (Å²) in [7, 11) is 2.05. The van der Waals surface area contributed by atoms with Crippen molar-refractivity contribution >= 4 is 11.6 Å². The maximum absolute atomic E-state index is 12.2. The van der Waals surface area contributed by atoms with E-state index in [0.717, 1.165) is 18.7 Å². The first-order valence-corrected chi connectivity index (χ1v) is 5.77. The number of carbonyl (C=O) groups is 1. The highest BCUT2D eigenvalue weighted by atomic mass is 16.2. The van der Waals surface area contributed by atoms with E-state index in [9.17, 15) is 4.79 Å². The van der Waals surface area contributed by atoms with Crippen LogP contribution in [0.15, 0.2) is 24.3 Å². The second kappa shape index (κ2) is 3.32. The molecule has 3 fully saturated rings. The molecule has 1 aromatic carbocycles. The Balaban J connectivity index is 1.89. The molecular formula is C13H16N2O. The third-order valence-electron chi connectivity index (χ3n) is 3.82. The number of nitrogens with zero attached hydrogens (tertiary/aromatic N) is 2. The van der Waals surface area contributed by atoms with Crippen molar-refractivity contribution in [2.24, 2.45) is 0 Å². The van der Waals surface area contributed by atoms with Gasteiger partial charge in [-0.15, -0.1) is 0 Å². The van der Waals surface area contributed by atoms with Crippen LogP contribution >= 0.6 is 0 Å². The van der Waals surface area contributed by atoms with Gasteiger partial charge in [0.1, 0.15) is 0 Å². The SMILES string of the molecule is Cc1cccc(N2CC3CC(C2=O)N3C)c1. The molecule has 16 heavy (non-hydrogen) atoms. The van der Waals surface area contributed by atoms with Crippen molar-refractivity contribution in [2.75, 3.05) is 18.5 Å². The van der Waals surface area contributed by atoms with Crippen LogP contribution in [0.1, 0.15) is 12.0 Å². The van der Waals surface area contributed by atoms with E-state index in [2.05, 4.69) is 24.0 Å². The van der Waals surface area contributed by atoms with E-state index in [-0.39, 0.29) is 11.9 Å². The lowest BCUT2D eigenvalue weighted by molar-refractivity contribution is -0.135. The molecule has 2 atom stereocenters. The van der Waals surface area contributed by atoms with Crippen LogP contribution in [0.2, 0.25) is 0 Å². The Labute approximate surface area is 95.7 Å². The standard InChI is InChI=1S/C13H16N2O/c1-9-4-3-5-10(6-9)15-8-11-7-12(13(15)16)14(11)2/h3-6,11-12H,7-8H2,1-2H3. The van der Waals surface area contributed by atoms with Crippen molar-refractivity contribution < 1.29 is 4.79 Å². The topological polar surface area (TPSA) is 23.6 Å². The molecule has 0 aromatic heterocycles. The number of piperidine rings is 1. The predicted octanol–water partition coefficient (Wildman–Crippen LogP) is 1.41. The Morgan fingerprint density at radius 2 is 2.19 bits per heavy atom. The number of anilines is 1. The fraction of sp³-hybridized carbons (Fsp3) is 0.462. The third-order valence-corrected chi connectivity index (χ3v) is 3.82. The second-order valence-corrected chi connectivity index (χ2v) is 4.86. The third kappa shape index (κ3) is 1.28. The van der Waals surface area contributed by atoms with Crippen LogP contribution in [0.3, 0.4) is 0 Å². The summed E-state index contributed by atoms with van der Waals surface area (Å²) in [6.45, 7) is 2.90. The highest BCUT2D eigenvalue weighted by Gasteiger charge is 2.48. The van der Waals surface area contributed by atoms with Crippen LogP contribution in [0.25, 0.3) is 0 Å². The van der Waals surface area contributed by atoms with Gasteiger partial charge in [-0.3, -0.25) is 9.69 Å². The minimum Gasteiger partial charge on any atom is -0.309 e. The molecule has 0 saturated carbocycles. The highest BCUT2D eigenvalue weighted by Crippen LogP contribution is 2.34. The molecule has 3 aliphatic rings. The monoisotopic (exact) mass is 216 g/mol. The van der Waals surface area contributed by atoms with Gasteiger partial charge in [-0.2, -0.15) is 0 Å². The summed E-state index contributed by atoms with van der Waals surface area (Å²) in [6, 6.07) is 8.87. The molecule has 1 amide bonds. The summed E-state index contributed by atoms with van der Waals surface area (Å²) in [5.41, 5.74) is 2.26. The number of likely N-dealkylation sites (N-methyl/N-ethyl adjacent to an activating group) is 1. The van der Waals surface area contributed by atoms with E-state index in [1.807, 2.05) is 24.1 Å². The Morgan fingerprint density at radius 3 is 2.81 bits per heavy atom. The zero-order valence-electron chi connectivity index (χ0n) is 9.68. The first-order chi connectivity index (χ1) is 7.66. The highest BCUT2D eigenvalue weighted by molar-refractivity contribution is 5.99. The molecule has 0 aliphatic carbocycles. The molecule has 0 spiro atoms. The quantitative estimate of drug-likeness (QED) is 0.708. The van der Waals surface area contributed by atoms with Gasteiger partial charge in [0.05, 0.1) is 6.04 Å². The summed E-state index contributed by atoms with van der Waals surface area (Å²) in [5, 5.41) is 0. The lowest BCUT2D eigenvalue weighted by Crippen LogP contribution is -2.70. The summed E-state index contributed by atoms with van der Waals surface area (Å²) in [5.74, 6) is 0.260. The largest absolute Gasteiger partial charge is 0.309 e. The van der Waals surface area contributed by atoms with Crippen molar-refractivity contribution in [1.82, 2.24) is 4.90 Å². The number of rotatable bonds is 1. The predicted molar refractivity (Wildman–Crippen MR) is 63.5 cm³/mol. The summed E-state index contributed by atoms with van der Waals surface area (Å²) < 4.78 is 0. The number of aryl methyl sites for hydroxylation is 1. The zero-order chi connectivity index (χ0) is 11.3. The molecule has 0 N–H and O–H groups in total. The van der Waals surface area contributed by atoms with Gasteiger partial charge in [-0.1, -0.05) is 12.1 Å². The Kier molecular flexibility index (Phi) is 2.04. The van der Waals surface area contributed by atoms with Gasteiger partial charge >= 0.3 is 0 Å². The van der Waals surface area contributed by atoms with Gasteiger partial charge in [0, 0.05) is 18.3 Å². The number of hydrogen-bond donors (Lipinski definition) is 0. The number of piperazine rings is 1. The first kappa shape index (κ1) is 9.85. The molecule has 0 radical (unpaired) electrons. The van der Waals surface area contributed by atoms with Crippen LogP contribution < -0.4 is 4.90 Å². The van der Waals surface area contributed by atoms with Crippen LogP contribution in [-0.4, -0.2) is 36.5 Å². The molecule has 3 heteroatoms. The minimum atomic E-state index is 0.124. The molecule has 4 rings (SSSR count). The van der Waals surface area contributed by atoms with Crippen molar-refractivity contribution in [3.8, 4) is 0 Å². The minimum absolute atomic E-state index is 0.124. The summed E-state index contributed by atoms with van der Waals surface area (Å²) in [4.78, 5) is 16.3. The number of amides is 1. The molecule has 2 bridgehead atoms. The van der Waals surface area contributed by atoms with Gasteiger partial charge in [0.25, 0.3) is 0 Å². The Hall–Kier alpha value is -1.35. The van der Waals surface area contributed by atoms with Gasteiger partial charge in [-0.25, -0.2) is 0 Å². The zero-order valence-corrected chi connectivity index (χ0v) is 9.68. The van der Waals surface area contributed by atoms with Crippen LogP contribution in [0.5, 0.6) is 0 Å². The average molecular weight is 216 g/mol. The summed E-state index contributed by atoms with van der Waals surface area (Å²) in [6.07, 6.45) is 1.04. The molecule has 3 saturated heterocycles. The van der Waals surface area contributed by atoms with Crippen LogP contribution in [0.4, 0.5) is 5.69 Å². The van der Waals surface area contributed by atoms with E-state index in [1.54, 1.807) is 0 Å². The van der Waals surface area contributed by atoms with Gasteiger partial charge in [0.2, 0.25) is 5.91 Å². The van der Waals surface area contributed by atoms with Crippen molar-refractivity contribution in [2.45, 2.75) is 25.4 Å². The van der Waals surface area contributed by atoms with Crippen LogP contribution in [0, 0.1) is 6.92 Å². The molecule has 84 valence electrons. The molecule has 3 nitrogen and oxygen atoms in total. The smallest absolute Gasteiger partial charge is 0.244 e. The number of fused-ring (bicyclic) bond motifs is 2. The lowest BCUT2D eigenvalue weighted by atomic mass is 9.87. The average Bonchev–Trinajstić information content (AvgIpc) is 2.27. The number of carbonyl (C=O) groups excluding carboxylic acids is 1. The Bertz CT molecular complexity index is 443.